The topological polar surface area (TPSA) is 64.3 Å². The van der Waals surface area contributed by atoms with E-state index in [2.05, 4.69) is 37.2 Å². The van der Waals surface area contributed by atoms with Crippen molar-refractivity contribution in [3.63, 3.8) is 0 Å². The third-order valence-electron chi connectivity index (χ3n) is 2.72. The molecule has 110 valence electrons. The summed E-state index contributed by atoms with van der Waals surface area (Å²) in [4.78, 5) is 11.7. The van der Waals surface area contributed by atoms with E-state index in [1.807, 2.05) is 25.1 Å². The highest BCUT2D eigenvalue weighted by Crippen LogP contribution is 2.34. The molecular formula is C15H14Br2N2O2. The monoisotopic (exact) mass is 412 g/mol. The molecule has 2 rings (SSSR count). The van der Waals surface area contributed by atoms with E-state index in [4.69, 9.17) is 10.5 Å². The van der Waals surface area contributed by atoms with Crippen molar-refractivity contribution < 1.29 is 9.53 Å². The van der Waals surface area contributed by atoms with Crippen LogP contribution in [-0.4, -0.2) is 12.5 Å². The van der Waals surface area contributed by atoms with Crippen LogP contribution in [-0.2, 0) is 0 Å². The summed E-state index contributed by atoms with van der Waals surface area (Å²) < 4.78 is 7.52. The Morgan fingerprint density at radius 2 is 1.90 bits per heavy atom. The fraction of sp³-hybridized carbons (Fsp3) is 0.133. The second kappa shape index (κ2) is 6.95. The molecule has 0 saturated heterocycles. The smallest absolute Gasteiger partial charge is 0.251 e. The maximum atomic E-state index is 11.7. The predicted octanol–water partition coefficient (Wildman–Crippen LogP) is 4.34. The molecule has 21 heavy (non-hydrogen) atoms. The lowest BCUT2D eigenvalue weighted by molar-refractivity contribution is 0.0956. The van der Waals surface area contributed by atoms with Gasteiger partial charge < -0.3 is 15.8 Å². The van der Waals surface area contributed by atoms with Gasteiger partial charge in [-0.15, -0.1) is 0 Å². The van der Waals surface area contributed by atoms with Crippen molar-refractivity contribution in [1.82, 2.24) is 5.32 Å². The molecule has 0 spiro atoms. The summed E-state index contributed by atoms with van der Waals surface area (Å²) >= 11 is 6.81. The second-order valence-corrected chi connectivity index (χ2v) is 6.06. The lowest BCUT2D eigenvalue weighted by atomic mass is 10.1. The van der Waals surface area contributed by atoms with E-state index in [-0.39, 0.29) is 5.91 Å². The SMILES string of the molecule is CCNC(=O)c1ccc(Oc2ccc(Br)cc2Br)c(N)c1. The first-order valence-corrected chi connectivity index (χ1v) is 7.90. The van der Waals surface area contributed by atoms with Gasteiger partial charge >= 0.3 is 0 Å². The Morgan fingerprint density at radius 3 is 2.52 bits per heavy atom. The first-order valence-electron chi connectivity index (χ1n) is 6.32. The quantitative estimate of drug-likeness (QED) is 0.733. The van der Waals surface area contributed by atoms with E-state index in [1.165, 1.54) is 0 Å². The lowest BCUT2D eigenvalue weighted by Crippen LogP contribution is -2.22. The van der Waals surface area contributed by atoms with Crippen molar-refractivity contribution in [2.24, 2.45) is 0 Å². The first-order chi connectivity index (χ1) is 10.0. The molecule has 3 N–H and O–H groups in total. The summed E-state index contributed by atoms with van der Waals surface area (Å²) in [6, 6.07) is 10.6. The zero-order valence-corrected chi connectivity index (χ0v) is 14.5. The highest BCUT2D eigenvalue weighted by Gasteiger charge is 2.10. The van der Waals surface area contributed by atoms with Gasteiger partial charge in [-0.3, -0.25) is 4.79 Å². The summed E-state index contributed by atoms with van der Waals surface area (Å²) in [5.74, 6) is 1.00. The number of halogens is 2. The highest BCUT2D eigenvalue weighted by atomic mass is 79.9. The Bertz CT molecular complexity index is 675. The van der Waals surface area contributed by atoms with Crippen LogP contribution in [0.5, 0.6) is 11.5 Å². The highest BCUT2D eigenvalue weighted by molar-refractivity contribution is 9.11. The molecule has 1 amide bonds. The standard InChI is InChI=1S/C15H14Br2N2O2/c1-2-19-15(20)9-3-5-14(12(18)7-9)21-13-6-4-10(16)8-11(13)17/h3-8H,2,18H2,1H3,(H,19,20). The number of hydrogen-bond donors (Lipinski definition) is 2. The fourth-order valence-corrected chi connectivity index (χ4v) is 2.85. The average molecular weight is 414 g/mol. The molecule has 6 heteroatoms. The molecule has 0 saturated carbocycles. The molecule has 0 aliphatic rings. The molecule has 0 radical (unpaired) electrons. The lowest BCUT2D eigenvalue weighted by Gasteiger charge is -2.11. The van der Waals surface area contributed by atoms with E-state index in [9.17, 15) is 4.79 Å². The Hall–Kier alpha value is -1.53. The van der Waals surface area contributed by atoms with Crippen LogP contribution in [0.25, 0.3) is 0 Å². The maximum Gasteiger partial charge on any atom is 0.251 e. The van der Waals surface area contributed by atoms with Crippen molar-refractivity contribution in [2.45, 2.75) is 6.92 Å². The van der Waals surface area contributed by atoms with E-state index in [1.54, 1.807) is 18.2 Å². The third-order valence-corrected chi connectivity index (χ3v) is 3.84. The third kappa shape index (κ3) is 3.98. The van der Waals surface area contributed by atoms with E-state index in [0.717, 1.165) is 8.95 Å². The predicted molar refractivity (Wildman–Crippen MR) is 90.8 cm³/mol. The van der Waals surface area contributed by atoms with Crippen molar-refractivity contribution in [3.8, 4) is 11.5 Å². The zero-order valence-electron chi connectivity index (χ0n) is 11.3. The Kier molecular flexibility index (Phi) is 5.25. The van der Waals surface area contributed by atoms with Gasteiger partial charge in [-0.1, -0.05) is 15.9 Å². The van der Waals surface area contributed by atoms with Gasteiger partial charge in [0.05, 0.1) is 10.2 Å². The zero-order chi connectivity index (χ0) is 15.4. The fourth-order valence-electron chi connectivity index (χ4n) is 1.72. The minimum Gasteiger partial charge on any atom is -0.454 e. The molecule has 0 atom stereocenters. The van der Waals surface area contributed by atoms with Crippen LogP contribution in [0.3, 0.4) is 0 Å². The van der Waals surface area contributed by atoms with E-state index >= 15 is 0 Å². The molecule has 2 aromatic carbocycles. The Morgan fingerprint density at radius 1 is 1.19 bits per heavy atom. The molecule has 0 unspecified atom stereocenters. The summed E-state index contributed by atoms with van der Waals surface area (Å²) in [5.41, 5.74) is 6.88. The van der Waals surface area contributed by atoms with Crippen LogP contribution in [0.4, 0.5) is 5.69 Å². The molecule has 0 aliphatic carbocycles. The van der Waals surface area contributed by atoms with Gasteiger partial charge in [0.1, 0.15) is 11.5 Å². The Labute approximate surface area is 139 Å². The summed E-state index contributed by atoms with van der Waals surface area (Å²) in [6.07, 6.45) is 0. The number of nitrogen functional groups attached to an aromatic ring is 1. The number of rotatable bonds is 4. The molecule has 0 aliphatic heterocycles. The van der Waals surface area contributed by atoms with Gasteiger partial charge in [0, 0.05) is 16.6 Å². The number of ether oxygens (including phenoxy) is 1. The molecular weight excluding hydrogens is 400 g/mol. The number of carbonyl (C=O) groups is 1. The van der Waals surface area contributed by atoms with E-state index in [0.29, 0.717) is 29.3 Å². The minimum absolute atomic E-state index is 0.152. The number of amides is 1. The summed E-state index contributed by atoms with van der Waals surface area (Å²) in [6.45, 7) is 2.44. The minimum atomic E-state index is -0.152. The molecule has 4 nitrogen and oxygen atoms in total. The van der Waals surface area contributed by atoms with Crippen LogP contribution in [0.2, 0.25) is 0 Å². The number of anilines is 1. The molecule has 0 fully saturated rings. The average Bonchev–Trinajstić information content (AvgIpc) is 2.44. The van der Waals surface area contributed by atoms with E-state index < -0.39 is 0 Å². The Balaban J connectivity index is 2.23. The number of benzene rings is 2. The van der Waals surface area contributed by atoms with Gasteiger partial charge in [0.15, 0.2) is 0 Å². The number of nitrogens with two attached hydrogens (primary N) is 1. The van der Waals surface area contributed by atoms with Crippen LogP contribution < -0.4 is 15.8 Å². The summed E-state index contributed by atoms with van der Waals surface area (Å²) in [5, 5.41) is 2.73. The normalized spacial score (nSPS) is 10.2. The number of nitrogens with one attached hydrogen (secondary N) is 1. The van der Waals surface area contributed by atoms with Crippen molar-refractivity contribution in [3.05, 3.63) is 50.9 Å². The molecule has 2 aromatic rings. The van der Waals surface area contributed by atoms with Gasteiger partial charge in [-0.05, 0) is 59.3 Å². The van der Waals surface area contributed by atoms with Gasteiger partial charge in [0.2, 0.25) is 0 Å². The first kappa shape index (κ1) is 15.9. The van der Waals surface area contributed by atoms with Crippen LogP contribution >= 0.6 is 31.9 Å². The number of hydrogen-bond acceptors (Lipinski definition) is 3. The van der Waals surface area contributed by atoms with Gasteiger partial charge in [0.25, 0.3) is 5.91 Å². The van der Waals surface area contributed by atoms with Gasteiger partial charge in [-0.25, -0.2) is 0 Å². The second-order valence-electron chi connectivity index (χ2n) is 4.29. The van der Waals surface area contributed by atoms with Crippen molar-refractivity contribution in [2.75, 3.05) is 12.3 Å². The molecule has 0 heterocycles. The van der Waals surface area contributed by atoms with Gasteiger partial charge in [-0.2, -0.15) is 0 Å². The van der Waals surface area contributed by atoms with Crippen LogP contribution in [0.1, 0.15) is 17.3 Å². The summed E-state index contributed by atoms with van der Waals surface area (Å²) in [7, 11) is 0. The molecule has 0 bridgehead atoms. The van der Waals surface area contributed by atoms with Crippen LogP contribution in [0, 0.1) is 0 Å². The van der Waals surface area contributed by atoms with Crippen molar-refractivity contribution in [1.29, 1.82) is 0 Å². The maximum absolute atomic E-state index is 11.7. The molecule has 0 aromatic heterocycles. The largest absolute Gasteiger partial charge is 0.454 e. The van der Waals surface area contributed by atoms with Crippen LogP contribution in [0.15, 0.2) is 45.3 Å². The van der Waals surface area contributed by atoms with Crippen molar-refractivity contribution >= 4 is 43.5 Å². The number of carbonyl (C=O) groups excluding carboxylic acids is 1.